The third-order valence-corrected chi connectivity index (χ3v) is 6.59. The molecule has 0 radical (unpaired) electrons. The van der Waals surface area contributed by atoms with Crippen molar-refractivity contribution >= 4 is 16.6 Å². The maximum absolute atomic E-state index is 12.9. The predicted octanol–water partition coefficient (Wildman–Crippen LogP) is 3.95. The Morgan fingerprint density at radius 1 is 1.23 bits per heavy atom. The molecule has 4 heteroatoms. The summed E-state index contributed by atoms with van der Waals surface area (Å²) >= 11 is 0. The van der Waals surface area contributed by atoms with Crippen LogP contribution in [0.25, 0.3) is 0 Å². The van der Waals surface area contributed by atoms with Crippen LogP contribution in [0.15, 0.2) is 40.8 Å². The summed E-state index contributed by atoms with van der Waals surface area (Å²) in [6.45, 7) is 7.62. The van der Waals surface area contributed by atoms with Gasteiger partial charge in [-0.2, -0.15) is 0 Å². The van der Waals surface area contributed by atoms with Crippen molar-refractivity contribution in [1.82, 2.24) is 0 Å². The zero-order chi connectivity index (χ0) is 19.4. The summed E-state index contributed by atoms with van der Waals surface area (Å²) in [4.78, 5) is 12.8. The molecule has 1 aliphatic carbocycles. The smallest absolute Gasteiger partial charge is 0.157 e. The van der Waals surface area contributed by atoms with Crippen LogP contribution in [0.3, 0.4) is 0 Å². The van der Waals surface area contributed by atoms with Crippen LogP contribution in [0.5, 0.6) is 0 Å². The Morgan fingerprint density at radius 2 is 1.88 bits per heavy atom. The van der Waals surface area contributed by atoms with E-state index in [1.165, 1.54) is 6.08 Å². The topological polar surface area (TPSA) is 54.4 Å². The number of allylic oxidation sites excluding steroid dienone is 1. The average molecular weight is 373 g/mol. The van der Waals surface area contributed by atoms with Crippen LogP contribution in [-0.4, -0.2) is 26.5 Å². The number of ketones is 1. The van der Waals surface area contributed by atoms with Crippen molar-refractivity contribution < 1.29 is 14.1 Å². The van der Waals surface area contributed by atoms with Crippen LogP contribution in [0.2, 0.25) is 0 Å². The number of benzene rings is 1. The molecule has 1 aromatic rings. The minimum absolute atomic E-state index is 0.0324. The van der Waals surface area contributed by atoms with E-state index in [0.29, 0.717) is 10.5 Å². The SMILES string of the molecule is CCCCC#C[C@@]1(C)CC(=O)C=C(C)[C@]1(O)CS(=O)c1ccc(C)cc1. The van der Waals surface area contributed by atoms with E-state index in [2.05, 4.69) is 18.8 Å². The fourth-order valence-electron chi connectivity index (χ4n) is 3.25. The van der Waals surface area contributed by atoms with Gasteiger partial charge in [-0.05, 0) is 51.0 Å². The summed E-state index contributed by atoms with van der Waals surface area (Å²) < 4.78 is 12.9. The number of unbranched alkanes of at least 4 members (excludes halogenated alkanes) is 2. The summed E-state index contributed by atoms with van der Waals surface area (Å²) in [6, 6.07) is 7.47. The monoisotopic (exact) mass is 372 g/mol. The minimum atomic E-state index is -1.39. The number of carbonyl (C=O) groups is 1. The molecule has 0 spiro atoms. The number of hydrogen-bond acceptors (Lipinski definition) is 3. The molecule has 0 heterocycles. The standard InChI is InChI=1S/C22H28O3S/c1-5-6-7-8-13-21(4)15-19(23)14-18(3)22(21,24)16-26(25)20-11-9-17(2)10-12-20/h9-12,14,24H,5-7,15-16H2,1-4H3/t21-,22+,26?/m0/s1. The van der Waals surface area contributed by atoms with Crippen molar-refractivity contribution in [3.63, 3.8) is 0 Å². The third kappa shape index (κ3) is 4.34. The molecule has 0 fully saturated rings. The Bertz CT molecular complexity index is 782. The van der Waals surface area contributed by atoms with Crippen molar-refractivity contribution in [3.8, 4) is 11.8 Å². The first kappa shape index (κ1) is 20.6. The Labute approximate surface area is 159 Å². The van der Waals surface area contributed by atoms with Gasteiger partial charge < -0.3 is 5.11 Å². The Morgan fingerprint density at radius 3 is 2.50 bits per heavy atom. The Hall–Kier alpha value is -1.70. The van der Waals surface area contributed by atoms with Gasteiger partial charge >= 0.3 is 0 Å². The van der Waals surface area contributed by atoms with Crippen molar-refractivity contribution in [1.29, 1.82) is 0 Å². The summed E-state index contributed by atoms with van der Waals surface area (Å²) in [5.41, 5.74) is -0.690. The lowest BCUT2D eigenvalue weighted by atomic mass is 9.64. The molecule has 1 aromatic carbocycles. The normalized spacial score (nSPS) is 26.7. The molecule has 2 rings (SSSR count). The highest BCUT2D eigenvalue weighted by molar-refractivity contribution is 7.85. The van der Waals surface area contributed by atoms with Gasteiger partial charge in [0, 0.05) is 17.7 Å². The van der Waals surface area contributed by atoms with Crippen molar-refractivity contribution in [2.24, 2.45) is 5.41 Å². The molecule has 140 valence electrons. The average Bonchev–Trinajstić information content (AvgIpc) is 2.57. The second kappa shape index (κ2) is 8.33. The molecule has 3 atom stereocenters. The van der Waals surface area contributed by atoms with Gasteiger partial charge in [-0.3, -0.25) is 9.00 Å². The second-order valence-corrected chi connectivity index (χ2v) is 8.82. The number of aliphatic hydroxyl groups is 1. The van der Waals surface area contributed by atoms with Gasteiger partial charge in [0.2, 0.25) is 0 Å². The fraction of sp³-hybridized carbons (Fsp3) is 0.500. The van der Waals surface area contributed by atoms with Gasteiger partial charge in [-0.25, -0.2) is 0 Å². The molecule has 0 amide bonds. The molecule has 26 heavy (non-hydrogen) atoms. The van der Waals surface area contributed by atoms with Gasteiger partial charge in [0.15, 0.2) is 5.78 Å². The highest BCUT2D eigenvalue weighted by Gasteiger charge is 2.52. The predicted molar refractivity (Wildman–Crippen MR) is 106 cm³/mol. The van der Waals surface area contributed by atoms with Crippen LogP contribution in [-0.2, 0) is 15.6 Å². The largest absolute Gasteiger partial charge is 0.383 e. The number of aryl methyl sites for hydroxylation is 1. The van der Waals surface area contributed by atoms with E-state index >= 15 is 0 Å². The van der Waals surface area contributed by atoms with E-state index in [1.807, 2.05) is 38.1 Å². The molecule has 1 N–H and O–H groups in total. The maximum atomic E-state index is 12.9. The Balaban J connectivity index is 2.36. The van der Waals surface area contributed by atoms with E-state index in [4.69, 9.17) is 0 Å². The van der Waals surface area contributed by atoms with Gasteiger partial charge in [0.25, 0.3) is 0 Å². The molecular weight excluding hydrogens is 344 g/mol. The molecule has 0 aliphatic heterocycles. The van der Waals surface area contributed by atoms with Crippen LogP contribution < -0.4 is 0 Å². The third-order valence-electron chi connectivity index (χ3n) is 5.11. The van der Waals surface area contributed by atoms with Crippen molar-refractivity contribution in [3.05, 3.63) is 41.5 Å². The van der Waals surface area contributed by atoms with E-state index in [9.17, 15) is 14.1 Å². The second-order valence-electron chi connectivity index (χ2n) is 7.37. The number of rotatable bonds is 5. The molecule has 1 aliphatic rings. The number of carbonyl (C=O) groups excluding carboxylic acids is 1. The molecule has 3 nitrogen and oxygen atoms in total. The van der Waals surface area contributed by atoms with Crippen LogP contribution >= 0.6 is 0 Å². The quantitative estimate of drug-likeness (QED) is 0.629. The maximum Gasteiger partial charge on any atom is 0.157 e. The lowest BCUT2D eigenvalue weighted by Gasteiger charge is -2.44. The van der Waals surface area contributed by atoms with Crippen LogP contribution in [0, 0.1) is 24.2 Å². The van der Waals surface area contributed by atoms with Gasteiger partial charge in [0.1, 0.15) is 5.60 Å². The van der Waals surface area contributed by atoms with Gasteiger partial charge in [-0.1, -0.05) is 37.0 Å². The highest BCUT2D eigenvalue weighted by Crippen LogP contribution is 2.44. The highest BCUT2D eigenvalue weighted by atomic mass is 32.2. The van der Waals surface area contributed by atoms with Gasteiger partial charge in [0.05, 0.1) is 22.0 Å². The summed E-state index contributed by atoms with van der Waals surface area (Å²) in [6.07, 6.45) is 4.39. The van der Waals surface area contributed by atoms with E-state index in [1.54, 1.807) is 6.92 Å². The lowest BCUT2D eigenvalue weighted by molar-refractivity contribution is -0.120. The molecule has 0 bridgehead atoms. The summed E-state index contributed by atoms with van der Waals surface area (Å²) in [5, 5.41) is 11.5. The van der Waals surface area contributed by atoms with Crippen molar-refractivity contribution in [2.75, 3.05) is 5.75 Å². The minimum Gasteiger partial charge on any atom is -0.383 e. The van der Waals surface area contributed by atoms with Crippen LogP contribution in [0.1, 0.15) is 52.0 Å². The molecule has 0 saturated carbocycles. The number of hydrogen-bond donors (Lipinski definition) is 1. The zero-order valence-corrected chi connectivity index (χ0v) is 16.9. The zero-order valence-electron chi connectivity index (χ0n) is 16.1. The van der Waals surface area contributed by atoms with E-state index in [-0.39, 0.29) is 18.0 Å². The first-order valence-electron chi connectivity index (χ1n) is 9.11. The lowest BCUT2D eigenvalue weighted by Crippen LogP contribution is -2.54. The van der Waals surface area contributed by atoms with Crippen LogP contribution in [0.4, 0.5) is 0 Å². The first-order chi connectivity index (χ1) is 12.2. The molecule has 0 saturated heterocycles. The van der Waals surface area contributed by atoms with Gasteiger partial charge in [-0.15, -0.1) is 5.92 Å². The van der Waals surface area contributed by atoms with E-state index in [0.717, 1.165) is 24.8 Å². The summed E-state index contributed by atoms with van der Waals surface area (Å²) in [5.74, 6) is 6.27. The first-order valence-corrected chi connectivity index (χ1v) is 10.4. The molecular formula is C22H28O3S. The van der Waals surface area contributed by atoms with E-state index < -0.39 is 21.8 Å². The Kier molecular flexibility index (Phi) is 6.60. The fourth-order valence-corrected chi connectivity index (χ4v) is 4.78. The summed E-state index contributed by atoms with van der Waals surface area (Å²) in [7, 11) is -1.39. The molecule has 1 unspecified atom stereocenters. The molecule has 0 aromatic heterocycles. The van der Waals surface area contributed by atoms with Crippen molar-refractivity contribution in [2.45, 2.75) is 63.9 Å².